The molecule has 0 unspecified atom stereocenters. The number of aryl methyl sites for hydroxylation is 1. The number of H-pyrrole nitrogens is 1. The molecule has 33 heavy (non-hydrogen) atoms. The van der Waals surface area contributed by atoms with Crippen LogP contribution in [0.15, 0.2) is 30.6 Å². The van der Waals surface area contributed by atoms with Crippen molar-refractivity contribution < 1.29 is 14.3 Å². The minimum absolute atomic E-state index is 0.231. The molecule has 4 aromatic heterocycles. The lowest BCUT2D eigenvalue weighted by Crippen LogP contribution is -2.31. The Hall–Kier alpha value is -4.21. The highest BCUT2D eigenvalue weighted by Crippen LogP contribution is 2.31. The second-order valence-corrected chi connectivity index (χ2v) is 7.61. The van der Waals surface area contributed by atoms with E-state index >= 15 is 0 Å². The van der Waals surface area contributed by atoms with Gasteiger partial charge in [0.1, 0.15) is 6.61 Å². The highest BCUT2D eigenvalue weighted by molar-refractivity contribution is 5.99. The molecule has 2 bridgehead atoms. The smallest absolute Gasteiger partial charge is 0.274 e. The monoisotopic (exact) mass is 445 g/mol. The summed E-state index contributed by atoms with van der Waals surface area (Å²) >= 11 is 0. The number of pyridine rings is 2. The first-order chi connectivity index (χ1) is 16.1. The fraction of sp³-hybridized carbons (Fsp3) is 0.261. The van der Waals surface area contributed by atoms with Crippen molar-refractivity contribution in [3.63, 3.8) is 0 Å². The van der Waals surface area contributed by atoms with Crippen LogP contribution >= 0.6 is 0 Å². The average Bonchev–Trinajstić information content (AvgIpc) is 3.37. The number of likely N-dealkylation sites (N-methyl/N-ethyl adjacent to an activating group) is 1. The number of aromatic amines is 1. The molecule has 1 amide bonds. The first-order valence-electron chi connectivity index (χ1n) is 10.6. The van der Waals surface area contributed by atoms with E-state index in [-0.39, 0.29) is 12.5 Å². The Balaban J connectivity index is 1.70. The van der Waals surface area contributed by atoms with Crippen molar-refractivity contribution in [2.45, 2.75) is 6.92 Å². The standard InChI is InChI=1S/C23H23N7O3/c1-4-32-23-15-7-8-17-16-12-18(25-13-19(16)27-26-17)14-6-5-9-24-21(14)33-11-10-29(2)22(31)20(15)28-30(23)3/h5-9,12-13H,4,10-11H2,1-3H3,(H,26,27)/b8-7+. The Kier molecular flexibility index (Phi) is 5.25. The molecule has 10 heteroatoms. The van der Waals surface area contributed by atoms with Gasteiger partial charge in [-0.05, 0) is 37.3 Å². The molecule has 0 atom stereocenters. The second-order valence-electron chi connectivity index (χ2n) is 7.61. The molecule has 0 spiro atoms. The van der Waals surface area contributed by atoms with Gasteiger partial charge >= 0.3 is 0 Å². The first-order valence-corrected chi connectivity index (χ1v) is 10.6. The number of hydrogen-bond donors (Lipinski definition) is 1. The van der Waals surface area contributed by atoms with Gasteiger partial charge in [0.25, 0.3) is 5.91 Å². The third-order valence-corrected chi connectivity index (χ3v) is 5.46. The van der Waals surface area contributed by atoms with E-state index in [9.17, 15) is 4.79 Å². The number of ether oxygens (including phenoxy) is 2. The van der Waals surface area contributed by atoms with Crippen LogP contribution in [0.4, 0.5) is 0 Å². The van der Waals surface area contributed by atoms with Crippen molar-refractivity contribution in [3.05, 3.63) is 47.5 Å². The van der Waals surface area contributed by atoms with Crippen LogP contribution < -0.4 is 9.47 Å². The molecule has 5 rings (SSSR count). The van der Waals surface area contributed by atoms with Crippen LogP contribution in [0, 0.1) is 0 Å². The van der Waals surface area contributed by atoms with Crippen LogP contribution in [0.25, 0.3) is 34.3 Å². The van der Waals surface area contributed by atoms with Gasteiger partial charge in [-0.1, -0.05) is 0 Å². The third kappa shape index (κ3) is 3.69. The molecule has 10 nitrogen and oxygen atoms in total. The summed E-state index contributed by atoms with van der Waals surface area (Å²) in [4.78, 5) is 23.8. The van der Waals surface area contributed by atoms with Gasteiger partial charge < -0.3 is 14.4 Å². The summed E-state index contributed by atoms with van der Waals surface area (Å²) in [5.74, 6) is 0.744. The minimum atomic E-state index is -0.231. The maximum absolute atomic E-state index is 13.2. The number of fused-ring (bicyclic) bond motifs is 4. The van der Waals surface area contributed by atoms with Gasteiger partial charge in [0.2, 0.25) is 11.8 Å². The van der Waals surface area contributed by atoms with Crippen LogP contribution in [-0.4, -0.2) is 67.6 Å². The van der Waals surface area contributed by atoms with E-state index in [2.05, 4.69) is 25.3 Å². The molecule has 0 fully saturated rings. The Bertz CT molecular complexity index is 1370. The summed E-state index contributed by atoms with van der Waals surface area (Å²) in [6.45, 7) is 2.96. The van der Waals surface area contributed by atoms with Crippen LogP contribution in [0.2, 0.25) is 0 Å². The van der Waals surface area contributed by atoms with Crippen molar-refractivity contribution in [3.8, 4) is 23.0 Å². The summed E-state index contributed by atoms with van der Waals surface area (Å²) in [6, 6.07) is 5.70. The Morgan fingerprint density at radius 3 is 2.97 bits per heavy atom. The summed E-state index contributed by atoms with van der Waals surface area (Å²) in [6.07, 6.45) is 7.07. The molecule has 5 heterocycles. The number of carbonyl (C=O) groups is 1. The molecule has 1 N–H and O–H groups in total. The molecule has 0 aromatic carbocycles. The topological polar surface area (TPSA) is 111 Å². The third-order valence-electron chi connectivity index (χ3n) is 5.46. The Labute approximate surface area is 189 Å². The fourth-order valence-electron chi connectivity index (χ4n) is 3.78. The molecule has 0 radical (unpaired) electrons. The van der Waals surface area contributed by atoms with Crippen molar-refractivity contribution in [2.75, 3.05) is 26.8 Å². The summed E-state index contributed by atoms with van der Waals surface area (Å²) in [7, 11) is 3.47. The number of amides is 1. The SMILES string of the molecule is CCOc1c2c(nn1C)C(=O)N(C)CCOc1ncccc1-c1cc3c(n[nH]c3cn1)/C=C/2. The van der Waals surface area contributed by atoms with E-state index in [1.54, 1.807) is 36.1 Å². The van der Waals surface area contributed by atoms with E-state index in [0.29, 0.717) is 41.9 Å². The molecule has 168 valence electrons. The lowest BCUT2D eigenvalue weighted by Gasteiger charge is -2.17. The first kappa shape index (κ1) is 20.7. The van der Waals surface area contributed by atoms with E-state index in [1.807, 2.05) is 37.3 Å². The zero-order valence-corrected chi connectivity index (χ0v) is 18.6. The summed E-state index contributed by atoms with van der Waals surface area (Å²) in [5.41, 5.74) is 3.88. The van der Waals surface area contributed by atoms with Crippen LogP contribution in [-0.2, 0) is 7.05 Å². The largest absolute Gasteiger partial charge is 0.478 e. The highest BCUT2D eigenvalue weighted by Gasteiger charge is 2.24. The van der Waals surface area contributed by atoms with Gasteiger partial charge in [-0.3, -0.25) is 14.9 Å². The molecular weight excluding hydrogens is 422 g/mol. The average molecular weight is 445 g/mol. The zero-order chi connectivity index (χ0) is 22.9. The lowest BCUT2D eigenvalue weighted by atomic mass is 10.1. The van der Waals surface area contributed by atoms with Crippen LogP contribution in [0.1, 0.15) is 28.7 Å². The fourth-order valence-corrected chi connectivity index (χ4v) is 3.78. The van der Waals surface area contributed by atoms with E-state index in [1.165, 1.54) is 0 Å². The second kappa shape index (κ2) is 8.38. The van der Waals surface area contributed by atoms with Crippen molar-refractivity contribution in [1.82, 2.24) is 34.8 Å². The lowest BCUT2D eigenvalue weighted by molar-refractivity contribution is 0.0766. The normalized spacial score (nSPS) is 14.9. The van der Waals surface area contributed by atoms with E-state index in [4.69, 9.17) is 9.47 Å². The highest BCUT2D eigenvalue weighted by atomic mass is 16.5. The summed E-state index contributed by atoms with van der Waals surface area (Å²) in [5, 5.41) is 12.8. The van der Waals surface area contributed by atoms with E-state index < -0.39 is 0 Å². The summed E-state index contributed by atoms with van der Waals surface area (Å²) < 4.78 is 13.3. The number of rotatable bonds is 2. The van der Waals surface area contributed by atoms with Gasteiger partial charge in [0.15, 0.2) is 5.69 Å². The predicted molar refractivity (Wildman–Crippen MR) is 123 cm³/mol. The molecular formula is C23H23N7O3. The Morgan fingerprint density at radius 1 is 1.24 bits per heavy atom. The quantitative estimate of drug-likeness (QED) is 0.505. The number of hydrogen-bond acceptors (Lipinski definition) is 7. The number of carbonyl (C=O) groups excluding carboxylic acids is 1. The molecule has 1 aliphatic rings. The van der Waals surface area contributed by atoms with Gasteiger partial charge in [-0.2, -0.15) is 10.2 Å². The van der Waals surface area contributed by atoms with Gasteiger partial charge in [0.05, 0.1) is 47.4 Å². The van der Waals surface area contributed by atoms with Gasteiger partial charge in [-0.15, -0.1) is 0 Å². The molecule has 4 aromatic rings. The zero-order valence-electron chi connectivity index (χ0n) is 18.6. The predicted octanol–water partition coefficient (Wildman–Crippen LogP) is 2.79. The van der Waals surface area contributed by atoms with Crippen molar-refractivity contribution >= 4 is 29.0 Å². The van der Waals surface area contributed by atoms with Gasteiger partial charge in [-0.25, -0.2) is 9.67 Å². The van der Waals surface area contributed by atoms with E-state index in [0.717, 1.165) is 22.2 Å². The van der Waals surface area contributed by atoms with Crippen LogP contribution in [0.3, 0.4) is 0 Å². The molecule has 0 aliphatic carbocycles. The number of nitrogens with one attached hydrogen (secondary N) is 1. The Morgan fingerprint density at radius 2 is 2.12 bits per heavy atom. The molecule has 0 saturated carbocycles. The van der Waals surface area contributed by atoms with Crippen molar-refractivity contribution in [1.29, 1.82) is 0 Å². The number of aromatic nitrogens is 6. The molecule has 1 aliphatic heterocycles. The minimum Gasteiger partial charge on any atom is -0.478 e. The van der Waals surface area contributed by atoms with Gasteiger partial charge in [0, 0.05) is 25.7 Å². The maximum Gasteiger partial charge on any atom is 0.274 e. The van der Waals surface area contributed by atoms with Crippen LogP contribution in [0.5, 0.6) is 11.8 Å². The van der Waals surface area contributed by atoms with Crippen molar-refractivity contribution in [2.24, 2.45) is 7.05 Å². The maximum atomic E-state index is 13.2. The molecule has 0 saturated heterocycles. The number of nitrogens with zero attached hydrogens (tertiary/aromatic N) is 6.